The van der Waals surface area contributed by atoms with Crippen LogP contribution in [0.5, 0.6) is 0 Å². The Hall–Kier alpha value is -1.95. The summed E-state index contributed by atoms with van der Waals surface area (Å²) in [5.41, 5.74) is 2.04. The highest BCUT2D eigenvalue weighted by Crippen LogP contribution is 2.75. The van der Waals surface area contributed by atoms with Crippen molar-refractivity contribution in [1.82, 2.24) is 0 Å². The molecule has 46 heavy (non-hydrogen) atoms. The van der Waals surface area contributed by atoms with Gasteiger partial charge in [0.1, 0.15) is 6.61 Å². The second-order valence-electron chi connectivity index (χ2n) is 17.1. The molecule has 1 saturated heterocycles. The molecule has 5 aliphatic rings. The smallest absolute Gasteiger partial charge is 0.310 e. The average Bonchev–Trinajstić information content (AvgIpc) is 3.03. The zero-order valence-electron chi connectivity index (χ0n) is 29.9. The summed E-state index contributed by atoms with van der Waals surface area (Å²) in [6, 6.07) is 10.1. The number of methoxy groups -OCH3 is 1. The van der Waals surface area contributed by atoms with Gasteiger partial charge in [-0.05, 0) is 84.0 Å². The van der Waals surface area contributed by atoms with Crippen molar-refractivity contribution in [3.8, 4) is 0 Å². The molecule has 2 bridgehead atoms. The predicted octanol–water partition coefficient (Wildman–Crippen LogP) is 8.82. The number of carbonyl (C=O) groups excluding carboxylic acids is 1. The Kier molecular flexibility index (Phi) is 8.99. The predicted molar refractivity (Wildman–Crippen MR) is 183 cm³/mol. The fourth-order valence-corrected chi connectivity index (χ4v) is 12.0. The molecular formula is C41H60O5. The third-order valence-corrected chi connectivity index (χ3v) is 15.0. The van der Waals surface area contributed by atoms with Gasteiger partial charge in [-0.15, -0.1) is 6.58 Å². The quantitative estimate of drug-likeness (QED) is 0.201. The number of rotatable bonds is 9. The van der Waals surface area contributed by atoms with E-state index < -0.39 is 0 Å². The molecule has 254 valence electrons. The first-order chi connectivity index (χ1) is 21.8. The molecular weight excluding hydrogens is 572 g/mol. The van der Waals surface area contributed by atoms with Gasteiger partial charge in [0.2, 0.25) is 0 Å². The molecule has 5 heteroatoms. The van der Waals surface area contributed by atoms with E-state index in [9.17, 15) is 4.79 Å². The molecule has 0 radical (unpaired) electrons. The van der Waals surface area contributed by atoms with Crippen LogP contribution < -0.4 is 0 Å². The van der Waals surface area contributed by atoms with Gasteiger partial charge in [-0.3, -0.25) is 4.79 Å². The van der Waals surface area contributed by atoms with Crippen molar-refractivity contribution < 1.29 is 23.7 Å². The van der Waals surface area contributed by atoms with Gasteiger partial charge < -0.3 is 18.9 Å². The van der Waals surface area contributed by atoms with Crippen LogP contribution in [0.15, 0.2) is 54.6 Å². The molecule has 4 fully saturated rings. The number of allylic oxidation sites excluding steroid dienone is 1. The Morgan fingerprint density at radius 3 is 2.46 bits per heavy atom. The third kappa shape index (κ3) is 4.84. The summed E-state index contributed by atoms with van der Waals surface area (Å²) < 4.78 is 25.7. The van der Waals surface area contributed by atoms with E-state index in [1.807, 2.05) is 43.5 Å². The Labute approximate surface area is 278 Å². The summed E-state index contributed by atoms with van der Waals surface area (Å²) >= 11 is 0. The molecule has 6 rings (SSSR count). The minimum absolute atomic E-state index is 0.00752. The summed E-state index contributed by atoms with van der Waals surface area (Å²) in [4.78, 5) is 14.6. The molecule has 0 spiro atoms. The van der Waals surface area contributed by atoms with E-state index in [0.717, 1.165) is 50.7 Å². The number of hydrogen-bond donors (Lipinski definition) is 0. The van der Waals surface area contributed by atoms with Crippen LogP contribution in [-0.2, 0) is 30.3 Å². The van der Waals surface area contributed by atoms with Crippen LogP contribution in [0.3, 0.4) is 0 Å². The fraction of sp³-hybridized carbons (Fsp3) is 0.732. The maximum atomic E-state index is 14.6. The van der Waals surface area contributed by atoms with Crippen molar-refractivity contribution in [3.63, 3.8) is 0 Å². The number of ether oxygens (including phenoxy) is 4. The molecule has 0 aromatic heterocycles. The third-order valence-electron chi connectivity index (χ3n) is 15.0. The van der Waals surface area contributed by atoms with E-state index in [4.69, 9.17) is 18.9 Å². The maximum Gasteiger partial charge on any atom is 0.310 e. The minimum Gasteiger partial charge on any atom is -0.461 e. The molecule has 0 amide bonds. The normalized spacial score (nSPS) is 43.8. The van der Waals surface area contributed by atoms with Crippen LogP contribution in [0.1, 0.15) is 92.6 Å². The average molecular weight is 633 g/mol. The first kappa shape index (κ1) is 33.9. The van der Waals surface area contributed by atoms with Gasteiger partial charge in [0.25, 0.3) is 0 Å². The van der Waals surface area contributed by atoms with Crippen LogP contribution in [0.25, 0.3) is 0 Å². The lowest BCUT2D eigenvalue weighted by atomic mass is 9.34. The summed E-state index contributed by atoms with van der Waals surface area (Å²) in [5, 5.41) is 0. The van der Waals surface area contributed by atoms with Gasteiger partial charge in [-0.25, -0.2) is 0 Å². The molecule has 1 unspecified atom stereocenters. The second-order valence-corrected chi connectivity index (χ2v) is 17.1. The van der Waals surface area contributed by atoms with Crippen molar-refractivity contribution in [3.05, 3.63) is 60.2 Å². The molecule has 1 aromatic rings. The lowest BCUT2D eigenvalue weighted by Crippen LogP contribution is -2.70. The van der Waals surface area contributed by atoms with E-state index in [0.29, 0.717) is 43.5 Å². The highest BCUT2D eigenvalue weighted by Gasteiger charge is 2.71. The molecule has 11 atom stereocenters. The Balaban J connectivity index is 1.41. The van der Waals surface area contributed by atoms with Crippen molar-refractivity contribution in [2.24, 2.45) is 56.7 Å². The number of hydrogen-bond acceptors (Lipinski definition) is 5. The topological polar surface area (TPSA) is 54.0 Å². The van der Waals surface area contributed by atoms with Crippen LogP contribution in [0.2, 0.25) is 0 Å². The first-order valence-electron chi connectivity index (χ1n) is 18.1. The van der Waals surface area contributed by atoms with Crippen molar-refractivity contribution in [1.29, 1.82) is 0 Å². The van der Waals surface area contributed by atoms with Gasteiger partial charge in [-0.2, -0.15) is 0 Å². The molecule has 5 nitrogen and oxygen atoms in total. The zero-order chi connectivity index (χ0) is 33.1. The number of fused-ring (bicyclic) bond motifs is 3. The number of carbonyl (C=O) groups is 1. The molecule has 0 N–H and O–H groups in total. The van der Waals surface area contributed by atoms with Gasteiger partial charge in [0.05, 0.1) is 37.9 Å². The van der Waals surface area contributed by atoms with Crippen molar-refractivity contribution in [2.45, 2.75) is 106 Å². The Morgan fingerprint density at radius 2 is 1.78 bits per heavy atom. The van der Waals surface area contributed by atoms with Crippen LogP contribution in [0.4, 0.5) is 0 Å². The van der Waals surface area contributed by atoms with Gasteiger partial charge in [-0.1, -0.05) is 96.5 Å². The summed E-state index contributed by atoms with van der Waals surface area (Å²) in [6.45, 7) is 23.0. The zero-order valence-corrected chi connectivity index (χ0v) is 29.9. The number of benzene rings is 1. The van der Waals surface area contributed by atoms with E-state index >= 15 is 0 Å². The van der Waals surface area contributed by atoms with Crippen LogP contribution in [0, 0.1) is 56.7 Å². The monoisotopic (exact) mass is 632 g/mol. The minimum atomic E-state index is -0.224. The van der Waals surface area contributed by atoms with Gasteiger partial charge in [0.15, 0.2) is 0 Å². The molecule has 1 aliphatic heterocycles. The summed E-state index contributed by atoms with van der Waals surface area (Å²) in [6.07, 6.45) is 10.7. The van der Waals surface area contributed by atoms with Crippen molar-refractivity contribution in [2.75, 3.05) is 26.9 Å². The largest absolute Gasteiger partial charge is 0.461 e. The number of esters is 1. The van der Waals surface area contributed by atoms with E-state index in [1.165, 1.54) is 0 Å². The second kappa shape index (κ2) is 12.2. The molecule has 1 aromatic carbocycles. The standard InChI is InChI=1S/C41H60O5/c1-10-22-45-35-32(43-9)23-41-26-44-25-38(35,6)33(41)17-16-30-31(41)18-19-40(8)34(36(42)46-24-29-14-12-11-13-15-29)37(5,28(4)27(2)3)20-21-39(30,40)7/h10-15,18,27-28,30,32-35H,1,16-17,19-26H2,2-9H3/t28-,30+,32-,33+,34-,35+,37-,38?,39-,40+,41+/m1/s1. The summed E-state index contributed by atoms with van der Waals surface area (Å²) in [7, 11) is 1.85. The molecule has 3 saturated carbocycles. The summed E-state index contributed by atoms with van der Waals surface area (Å²) in [5.74, 6) is 1.56. The molecule has 1 heterocycles. The first-order valence-corrected chi connectivity index (χ1v) is 18.1. The maximum absolute atomic E-state index is 14.6. The highest BCUT2D eigenvalue weighted by molar-refractivity contribution is 5.75. The molecule has 4 aliphatic carbocycles. The SMILES string of the molecule is C=CCO[C@H]1[C@H](OC)C[C@@]23COCC1(C)[C@@H]2CC[C@H]1C3=CC[C@@]2(C)[C@H](C(=O)OCc3ccccc3)[C@@](C)([C@H](C)C(C)C)CC[C@]12C. The van der Waals surface area contributed by atoms with Gasteiger partial charge >= 0.3 is 5.97 Å². The van der Waals surface area contributed by atoms with Crippen molar-refractivity contribution >= 4 is 5.97 Å². The van der Waals surface area contributed by atoms with Gasteiger partial charge in [0, 0.05) is 17.9 Å². The lowest BCUT2D eigenvalue weighted by Gasteiger charge is -2.71. The highest BCUT2D eigenvalue weighted by atomic mass is 16.5. The fourth-order valence-electron chi connectivity index (χ4n) is 12.0. The Morgan fingerprint density at radius 1 is 1.04 bits per heavy atom. The van der Waals surface area contributed by atoms with E-state index in [1.54, 1.807) is 5.57 Å². The van der Waals surface area contributed by atoms with Crippen LogP contribution >= 0.6 is 0 Å². The lowest BCUT2D eigenvalue weighted by molar-refractivity contribution is -0.265. The van der Waals surface area contributed by atoms with E-state index in [-0.39, 0.29) is 51.2 Å². The Bertz CT molecular complexity index is 1320. The van der Waals surface area contributed by atoms with E-state index in [2.05, 4.69) is 61.1 Å². The van der Waals surface area contributed by atoms with Crippen LogP contribution in [-0.4, -0.2) is 45.1 Å².